The molecule has 20 heavy (non-hydrogen) atoms. The molecule has 1 aromatic rings. The van der Waals surface area contributed by atoms with Crippen LogP contribution in [-0.4, -0.2) is 36.3 Å². The van der Waals surface area contributed by atoms with Crippen molar-refractivity contribution in [2.75, 3.05) is 25.6 Å². The van der Waals surface area contributed by atoms with Crippen LogP contribution in [0.3, 0.4) is 0 Å². The van der Waals surface area contributed by atoms with E-state index < -0.39 is 0 Å². The topological polar surface area (TPSA) is 56.3 Å². The summed E-state index contributed by atoms with van der Waals surface area (Å²) in [6.07, 6.45) is 2.08. The van der Waals surface area contributed by atoms with Gasteiger partial charge in [-0.2, -0.15) is 4.98 Å². The Kier molecular flexibility index (Phi) is 7.30. The molecule has 0 aromatic carbocycles. The lowest BCUT2D eigenvalue weighted by Gasteiger charge is -2.11. The smallest absolute Gasteiger partial charge is 0.218 e. The molecular formula is C15H27N3O2. The third kappa shape index (κ3) is 6.70. The first-order chi connectivity index (χ1) is 9.51. The molecule has 0 aliphatic rings. The summed E-state index contributed by atoms with van der Waals surface area (Å²) in [5.41, 5.74) is 0. The van der Waals surface area contributed by atoms with E-state index >= 15 is 0 Å². The first-order valence-corrected chi connectivity index (χ1v) is 7.28. The Hall–Kier alpha value is -1.36. The third-order valence-corrected chi connectivity index (χ3v) is 2.63. The van der Waals surface area contributed by atoms with Crippen molar-refractivity contribution in [3.05, 3.63) is 11.9 Å². The molecule has 114 valence electrons. The fourth-order valence-electron chi connectivity index (χ4n) is 1.73. The molecule has 5 nitrogen and oxygen atoms in total. The van der Waals surface area contributed by atoms with Crippen LogP contribution < -0.4 is 10.1 Å². The lowest BCUT2D eigenvalue weighted by atomic mass is 10.1. The summed E-state index contributed by atoms with van der Waals surface area (Å²) < 4.78 is 10.7. The van der Waals surface area contributed by atoms with Crippen LogP contribution in [0.2, 0.25) is 0 Å². The maximum Gasteiger partial charge on any atom is 0.218 e. The normalized spacial score (nSPS) is 11.2. The Balaban J connectivity index is 2.51. The lowest BCUT2D eigenvalue weighted by Crippen LogP contribution is -2.11. The van der Waals surface area contributed by atoms with Gasteiger partial charge in [0.1, 0.15) is 11.6 Å². The number of methoxy groups -OCH3 is 1. The minimum Gasteiger partial charge on any atom is -0.481 e. The molecular weight excluding hydrogens is 254 g/mol. The molecule has 1 heterocycles. The van der Waals surface area contributed by atoms with Crippen molar-refractivity contribution in [1.82, 2.24) is 9.97 Å². The highest BCUT2D eigenvalue weighted by molar-refractivity contribution is 5.38. The van der Waals surface area contributed by atoms with Crippen LogP contribution >= 0.6 is 0 Å². The maximum absolute atomic E-state index is 5.50. The standard InChI is InChI=1S/C15H27N3O2/c1-11(2)9-14-17-13(10-15(18-14)19-5)16-7-6-8-20-12(3)4/h10-12H,6-9H2,1-5H3,(H,16,17,18). The van der Waals surface area contributed by atoms with Gasteiger partial charge in [-0.1, -0.05) is 13.8 Å². The lowest BCUT2D eigenvalue weighted by molar-refractivity contribution is 0.0787. The molecule has 0 fully saturated rings. The van der Waals surface area contributed by atoms with Gasteiger partial charge in [0.2, 0.25) is 5.88 Å². The summed E-state index contributed by atoms with van der Waals surface area (Å²) in [6.45, 7) is 9.97. The number of nitrogens with zero attached hydrogens (tertiary/aromatic N) is 2. The van der Waals surface area contributed by atoms with Crippen molar-refractivity contribution < 1.29 is 9.47 Å². The van der Waals surface area contributed by atoms with E-state index in [-0.39, 0.29) is 6.10 Å². The molecule has 0 bridgehead atoms. The molecule has 0 unspecified atom stereocenters. The SMILES string of the molecule is COc1cc(NCCCOC(C)C)nc(CC(C)C)n1. The largest absolute Gasteiger partial charge is 0.481 e. The molecule has 0 saturated heterocycles. The van der Waals surface area contributed by atoms with Crippen LogP contribution in [0.15, 0.2) is 6.07 Å². The quantitative estimate of drug-likeness (QED) is 0.705. The zero-order valence-corrected chi connectivity index (χ0v) is 13.3. The average molecular weight is 281 g/mol. The number of hydrogen-bond donors (Lipinski definition) is 1. The van der Waals surface area contributed by atoms with E-state index in [0.29, 0.717) is 11.8 Å². The highest BCUT2D eigenvalue weighted by atomic mass is 16.5. The van der Waals surface area contributed by atoms with Crippen molar-refractivity contribution in [1.29, 1.82) is 0 Å². The zero-order valence-electron chi connectivity index (χ0n) is 13.3. The van der Waals surface area contributed by atoms with E-state index in [0.717, 1.165) is 37.6 Å². The Morgan fingerprint density at radius 1 is 1.20 bits per heavy atom. The van der Waals surface area contributed by atoms with Gasteiger partial charge in [0.05, 0.1) is 13.2 Å². The second-order valence-corrected chi connectivity index (χ2v) is 5.51. The average Bonchev–Trinajstić information content (AvgIpc) is 2.36. The summed E-state index contributed by atoms with van der Waals surface area (Å²) in [5, 5.41) is 3.30. The van der Waals surface area contributed by atoms with Gasteiger partial charge in [-0.25, -0.2) is 4.98 Å². The van der Waals surface area contributed by atoms with Crippen LogP contribution in [0.5, 0.6) is 5.88 Å². The second-order valence-electron chi connectivity index (χ2n) is 5.51. The molecule has 0 aliphatic heterocycles. The predicted molar refractivity (Wildman–Crippen MR) is 81.3 cm³/mol. The van der Waals surface area contributed by atoms with Crippen molar-refractivity contribution in [3.8, 4) is 5.88 Å². The Morgan fingerprint density at radius 2 is 1.95 bits per heavy atom. The van der Waals surface area contributed by atoms with Crippen molar-refractivity contribution in [3.63, 3.8) is 0 Å². The number of nitrogens with one attached hydrogen (secondary N) is 1. The predicted octanol–water partition coefficient (Wildman–Crippen LogP) is 2.91. The van der Waals surface area contributed by atoms with E-state index in [1.54, 1.807) is 7.11 Å². The Labute approximate surface area is 122 Å². The van der Waals surface area contributed by atoms with Crippen molar-refractivity contribution in [2.45, 2.75) is 46.6 Å². The van der Waals surface area contributed by atoms with Gasteiger partial charge in [0.15, 0.2) is 0 Å². The van der Waals surface area contributed by atoms with Crippen LogP contribution in [0.1, 0.15) is 39.9 Å². The van der Waals surface area contributed by atoms with Gasteiger partial charge >= 0.3 is 0 Å². The van der Waals surface area contributed by atoms with Gasteiger partial charge in [0.25, 0.3) is 0 Å². The first-order valence-electron chi connectivity index (χ1n) is 7.28. The van der Waals surface area contributed by atoms with Gasteiger partial charge in [-0.05, 0) is 26.2 Å². The van der Waals surface area contributed by atoms with Gasteiger partial charge in [0, 0.05) is 25.6 Å². The number of rotatable bonds is 9. The summed E-state index contributed by atoms with van der Waals surface area (Å²) in [4.78, 5) is 8.87. The molecule has 5 heteroatoms. The summed E-state index contributed by atoms with van der Waals surface area (Å²) >= 11 is 0. The van der Waals surface area contributed by atoms with E-state index in [2.05, 4.69) is 29.1 Å². The fourth-order valence-corrected chi connectivity index (χ4v) is 1.73. The molecule has 1 rings (SSSR count). The van der Waals surface area contributed by atoms with Crippen LogP contribution in [0.4, 0.5) is 5.82 Å². The van der Waals surface area contributed by atoms with Gasteiger partial charge in [-0.15, -0.1) is 0 Å². The molecule has 0 atom stereocenters. The number of aromatic nitrogens is 2. The Morgan fingerprint density at radius 3 is 2.55 bits per heavy atom. The minimum atomic E-state index is 0.284. The van der Waals surface area contributed by atoms with Crippen LogP contribution in [0, 0.1) is 5.92 Å². The second kappa shape index (κ2) is 8.74. The molecule has 0 aliphatic carbocycles. The molecule has 1 N–H and O–H groups in total. The van der Waals surface area contributed by atoms with Gasteiger partial charge < -0.3 is 14.8 Å². The Bertz CT molecular complexity index is 395. The maximum atomic E-state index is 5.50. The number of ether oxygens (including phenoxy) is 2. The number of hydrogen-bond acceptors (Lipinski definition) is 5. The summed E-state index contributed by atoms with van der Waals surface area (Å²) in [6, 6.07) is 1.83. The fraction of sp³-hybridized carbons (Fsp3) is 0.733. The van der Waals surface area contributed by atoms with E-state index in [1.807, 2.05) is 19.9 Å². The summed E-state index contributed by atoms with van der Waals surface area (Å²) in [7, 11) is 1.63. The first kappa shape index (κ1) is 16.7. The minimum absolute atomic E-state index is 0.284. The highest BCUT2D eigenvalue weighted by Crippen LogP contribution is 2.15. The van der Waals surface area contributed by atoms with Crippen LogP contribution in [-0.2, 0) is 11.2 Å². The molecule has 0 radical (unpaired) electrons. The zero-order chi connectivity index (χ0) is 15.0. The molecule has 0 amide bonds. The third-order valence-electron chi connectivity index (χ3n) is 2.63. The van der Waals surface area contributed by atoms with Crippen LogP contribution in [0.25, 0.3) is 0 Å². The van der Waals surface area contributed by atoms with E-state index in [9.17, 15) is 0 Å². The van der Waals surface area contributed by atoms with E-state index in [1.165, 1.54) is 0 Å². The van der Waals surface area contributed by atoms with E-state index in [4.69, 9.17) is 9.47 Å². The summed E-state index contributed by atoms with van der Waals surface area (Å²) in [5.74, 6) is 2.77. The monoisotopic (exact) mass is 281 g/mol. The molecule has 0 saturated carbocycles. The van der Waals surface area contributed by atoms with Crippen molar-refractivity contribution >= 4 is 5.82 Å². The highest BCUT2D eigenvalue weighted by Gasteiger charge is 2.06. The number of anilines is 1. The molecule has 1 aromatic heterocycles. The molecule has 0 spiro atoms. The van der Waals surface area contributed by atoms with Crippen molar-refractivity contribution in [2.24, 2.45) is 5.92 Å². The van der Waals surface area contributed by atoms with Gasteiger partial charge in [-0.3, -0.25) is 0 Å².